The molecule has 0 unspecified atom stereocenters. The summed E-state index contributed by atoms with van der Waals surface area (Å²) in [6.07, 6.45) is 3.36. The molecule has 2 N–H and O–H groups in total. The third-order valence-electron chi connectivity index (χ3n) is 4.51. The number of likely N-dealkylation sites (tertiary alicyclic amines) is 1. The van der Waals surface area contributed by atoms with Crippen LogP contribution in [0.1, 0.15) is 33.1 Å². The summed E-state index contributed by atoms with van der Waals surface area (Å²) in [6.45, 7) is 6.22. The van der Waals surface area contributed by atoms with Gasteiger partial charge < -0.3 is 15.4 Å². The molecule has 0 atom stereocenters. The Balaban J connectivity index is 1.87. The number of nitrogens with two attached hydrogens (primary N) is 1. The number of rotatable bonds is 5. The van der Waals surface area contributed by atoms with E-state index >= 15 is 0 Å². The summed E-state index contributed by atoms with van der Waals surface area (Å²) in [5.74, 6) is 0.714. The van der Waals surface area contributed by atoms with Crippen LogP contribution in [0.4, 0.5) is 5.69 Å². The highest BCUT2D eigenvalue weighted by atomic mass is 16.5. The normalized spacial score (nSPS) is 17.2. The van der Waals surface area contributed by atoms with E-state index in [0.29, 0.717) is 16.9 Å². The zero-order valence-electron chi connectivity index (χ0n) is 12.4. The Hall–Kier alpha value is -1.71. The van der Waals surface area contributed by atoms with Gasteiger partial charge in [-0.2, -0.15) is 0 Å². The van der Waals surface area contributed by atoms with Gasteiger partial charge in [0.25, 0.3) is 5.91 Å². The lowest BCUT2D eigenvalue weighted by Crippen LogP contribution is -2.35. The Bertz CT molecular complexity index is 469. The fourth-order valence-corrected chi connectivity index (χ4v) is 2.82. The minimum Gasteiger partial charge on any atom is -0.484 e. The Labute approximate surface area is 120 Å². The van der Waals surface area contributed by atoms with Crippen LogP contribution < -0.4 is 10.5 Å². The molecule has 0 aliphatic carbocycles. The van der Waals surface area contributed by atoms with E-state index in [2.05, 4.69) is 13.8 Å². The van der Waals surface area contributed by atoms with Crippen LogP contribution in [0, 0.1) is 5.41 Å². The summed E-state index contributed by atoms with van der Waals surface area (Å²) < 4.78 is 5.53. The fraction of sp³-hybridized carbons (Fsp3) is 0.562. The van der Waals surface area contributed by atoms with Gasteiger partial charge in [0.1, 0.15) is 5.75 Å². The maximum atomic E-state index is 12.2. The van der Waals surface area contributed by atoms with Crippen molar-refractivity contribution >= 4 is 11.6 Å². The van der Waals surface area contributed by atoms with Crippen molar-refractivity contribution in [1.29, 1.82) is 0 Å². The van der Waals surface area contributed by atoms with E-state index in [1.165, 1.54) is 0 Å². The predicted octanol–water partition coefficient (Wildman–Crippen LogP) is 2.69. The van der Waals surface area contributed by atoms with E-state index in [1.54, 1.807) is 12.1 Å². The first-order chi connectivity index (χ1) is 9.58. The summed E-state index contributed by atoms with van der Waals surface area (Å²) in [4.78, 5) is 14.1. The van der Waals surface area contributed by atoms with Gasteiger partial charge in [-0.05, 0) is 36.8 Å². The largest absolute Gasteiger partial charge is 0.484 e. The SMILES string of the molecule is CCC1(CC)CCN(C(=O)COc2cccc(N)c2)C1. The molecule has 4 nitrogen and oxygen atoms in total. The van der Waals surface area contributed by atoms with Crippen molar-refractivity contribution in [2.75, 3.05) is 25.4 Å². The Morgan fingerprint density at radius 1 is 1.40 bits per heavy atom. The van der Waals surface area contributed by atoms with Gasteiger partial charge in [0, 0.05) is 24.8 Å². The highest BCUT2D eigenvalue weighted by molar-refractivity contribution is 5.78. The Morgan fingerprint density at radius 2 is 2.15 bits per heavy atom. The van der Waals surface area contributed by atoms with Gasteiger partial charge in [0.15, 0.2) is 6.61 Å². The summed E-state index contributed by atoms with van der Waals surface area (Å²) in [5.41, 5.74) is 6.64. The van der Waals surface area contributed by atoms with Crippen LogP contribution in [0.5, 0.6) is 5.75 Å². The molecule has 1 aromatic rings. The molecule has 1 heterocycles. The van der Waals surface area contributed by atoms with Crippen LogP contribution in [0.25, 0.3) is 0 Å². The standard InChI is InChI=1S/C16H24N2O2/c1-3-16(4-2)8-9-18(12-16)15(19)11-20-14-7-5-6-13(17)10-14/h5-7,10H,3-4,8-9,11-12,17H2,1-2H3. The molecule has 0 bridgehead atoms. The van der Waals surface area contributed by atoms with Gasteiger partial charge in [0.05, 0.1) is 0 Å². The molecule has 20 heavy (non-hydrogen) atoms. The smallest absolute Gasteiger partial charge is 0.260 e. The molecule has 0 radical (unpaired) electrons. The number of benzene rings is 1. The van der Waals surface area contributed by atoms with Crippen LogP contribution >= 0.6 is 0 Å². The molecule has 0 aromatic heterocycles. The van der Waals surface area contributed by atoms with Gasteiger partial charge in [-0.3, -0.25) is 4.79 Å². The quantitative estimate of drug-likeness (QED) is 0.841. The van der Waals surface area contributed by atoms with Crippen molar-refractivity contribution < 1.29 is 9.53 Å². The van der Waals surface area contributed by atoms with Crippen LogP contribution in [0.15, 0.2) is 24.3 Å². The second-order valence-corrected chi connectivity index (χ2v) is 5.63. The van der Waals surface area contributed by atoms with Crippen molar-refractivity contribution in [1.82, 2.24) is 4.90 Å². The zero-order valence-corrected chi connectivity index (χ0v) is 12.4. The number of nitrogen functional groups attached to an aromatic ring is 1. The molecule has 1 saturated heterocycles. The molecule has 1 fully saturated rings. The summed E-state index contributed by atoms with van der Waals surface area (Å²) >= 11 is 0. The maximum Gasteiger partial charge on any atom is 0.260 e. The van der Waals surface area contributed by atoms with Crippen LogP contribution in [0.3, 0.4) is 0 Å². The molecular formula is C16H24N2O2. The Morgan fingerprint density at radius 3 is 2.75 bits per heavy atom. The topological polar surface area (TPSA) is 55.6 Å². The molecule has 1 aliphatic heterocycles. The molecular weight excluding hydrogens is 252 g/mol. The molecule has 1 amide bonds. The van der Waals surface area contributed by atoms with E-state index in [1.807, 2.05) is 17.0 Å². The lowest BCUT2D eigenvalue weighted by molar-refractivity contribution is -0.132. The van der Waals surface area contributed by atoms with Gasteiger partial charge in [0.2, 0.25) is 0 Å². The Kier molecular flexibility index (Phi) is 4.53. The summed E-state index contributed by atoms with van der Waals surface area (Å²) in [5, 5.41) is 0. The molecule has 4 heteroatoms. The molecule has 1 aromatic carbocycles. The number of anilines is 1. The van der Waals surface area contributed by atoms with Crippen molar-refractivity contribution in [2.45, 2.75) is 33.1 Å². The first-order valence-corrected chi connectivity index (χ1v) is 7.35. The van der Waals surface area contributed by atoms with Crippen molar-refractivity contribution in [3.05, 3.63) is 24.3 Å². The number of hydrogen-bond acceptors (Lipinski definition) is 3. The molecule has 0 saturated carbocycles. The third-order valence-corrected chi connectivity index (χ3v) is 4.51. The van der Waals surface area contributed by atoms with Gasteiger partial charge in [-0.25, -0.2) is 0 Å². The molecule has 110 valence electrons. The van der Waals surface area contributed by atoms with Crippen LogP contribution in [-0.4, -0.2) is 30.5 Å². The highest BCUT2D eigenvalue weighted by Gasteiger charge is 2.36. The van der Waals surface area contributed by atoms with Gasteiger partial charge >= 0.3 is 0 Å². The number of hydrogen-bond donors (Lipinski definition) is 1. The van der Waals surface area contributed by atoms with Crippen molar-refractivity contribution in [3.63, 3.8) is 0 Å². The highest BCUT2D eigenvalue weighted by Crippen LogP contribution is 2.36. The van der Waals surface area contributed by atoms with E-state index in [4.69, 9.17) is 10.5 Å². The third kappa shape index (κ3) is 3.24. The van der Waals surface area contributed by atoms with E-state index in [9.17, 15) is 4.79 Å². The average Bonchev–Trinajstić information content (AvgIpc) is 2.90. The predicted molar refractivity (Wildman–Crippen MR) is 80.6 cm³/mol. The zero-order chi connectivity index (χ0) is 14.6. The first-order valence-electron chi connectivity index (χ1n) is 7.35. The number of ether oxygens (including phenoxy) is 1. The summed E-state index contributed by atoms with van der Waals surface area (Å²) in [7, 11) is 0. The molecule has 1 aliphatic rings. The minimum atomic E-state index is 0.0659. The van der Waals surface area contributed by atoms with Crippen LogP contribution in [-0.2, 0) is 4.79 Å². The van der Waals surface area contributed by atoms with Gasteiger partial charge in [-0.15, -0.1) is 0 Å². The van der Waals surface area contributed by atoms with Crippen molar-refractivity contribution in [2.24, 2.45) is 5.41 Å². The first kappa shape index (κ1) is 14.7. The monoisotopic (exact) mass is 276 g/mol. The molecule has 0 spiro atoms. The number of amides is 1. The number of carbonyl (C=O) groups excluding carboxylic acids is 1. The average molecular weight is 276 g/mol. The lowest BCUT2D eigenvalue weighted by Gasteiger charge is -2.26. The van der Waals surface area contributed by atoms with E-state index < -0.39 is 0 Å². The van der Waals surface area contributed by atoms with E-state index in [-0.39, 0.29) is 12.5 Å². The second-order valence-electron chi connectivity index (χ2n) is 5.63. The second kappa shape index (κ2) is 6.16. The van der Waals surface area contributed by atoms with E-state index in [0.717, 1.165) is 32.4 Å². The van der Waals surface area contributed by atoms with Gasteiger partial charge in [-0.1, -0.05) is 19.9 Å². The fourth-order valence-electron chi connectivity index (χ4n) is 2.82. The molecule has 2 rings (SSSR count). The lowest BCUT2D eigenvalue weighted by atomic mass is 9.82. The summed E-state index contributed by atoms with van der Waals surface area (Å²) in [6, 6.07) is 7.17. The maximum absolute atomic E-state index is 12.2. The number of nitrogens with zero attached hydrogens (tertiary/aromatic N) is 1. The number of carbonyl (C=O) groups is 1. The van der Waals surface area contributed by atoms with Crippen molar-refractivity contribution in [3.8, 4) is 5.75 Å². The van der Waals surface area contributed by atoms with Crippen LogP contribution in [0.2, 0.25) is 0 Å². The minimum absolute atomic E-state index is 0.0659.